The Morgan fingerprint density at radius 2 is 1.87 bits per heavy atom. The van der Waals surface area contributed by atoms with E-state index >= 15 is 0 Å². The largest absolute Gasteiger partial charge is 2.00 e. The molecule has 1 atom stereocenters. The van der Waals surface area contributed by atoms with Crippen LogP contribution in [0.4, 0.5) is 0 Å². The van der Waals surface area contributed by atoms with E-state index in [0.29, 0.717) is 6.42 Å². The predicted molar refractivity (Wildman–Crippen MR) is 57.9 cm³/mol. The minimum Gasteiger partial charge on any atom is -1.00 e. The predicted octanol–water partition coefficient (Wildman–Crippen LogP) is -1.83. The van der Waals surface area contributed by atoms with E-state index in [2.05, 4.69) is 5.92 Å². The molecule has 1 nitrogen and oxygen atoms in total. The van der Waals surface area contributed by atoms with Crippen molar-refractivity contribution in [2.75, 3.05) is 6.61 Å². The molecule has 0 bridgehead atoms. The topological polar surface area (TPSA) is 23.1 Å². The average Bonchev–Trinajstić information content (AvgIpc) is 2.21. The Bertz CT molecular complexity index is 281. The monoisotopic (exact) mass is 232 g/mol. The number of hydrogen-bond acceptors (Lipinski definition) is 1. The minimum atomic E-state index is -0.0367. The van der Waals surface area contributed by atoms with Crippen LogP contribution in [0.1, 0.15) is 24.3 Å². The van der Waals surface area contributed by atoms with E-state index < -0.39 is 0 Å². The van der Waals surface area contributed by atoms with Crippen molar-refractivity contribution in [2.24, 2.45) is 0 Å². The van der Waals surface area contributed by atoms with Crippen LogP contribution in [0.3, 0.4) is 0 Å². The van der Waals surface area contributed by atoms with Gasteiger partial charge in [0.2, 0.25) is 0 Å². The third-order valence-electron chi connectivity index (χ3n) is 2.04. The maximum absolute atomic E-state index is 10.3. The molecule has 76 valence electrons. The van der Waals surface area contributed by atoms with Crippen LogP contribution in [0, 0.1) is 12.3 Å². The van der Waals surface area contributed by atoms with Crippen molar-refractivity contribution in [3.63, 3.8) is 0 Å². The van der Waals surface area contributed by atoms with Crippen LogP contribution in [-0.2, 0) is 0 Å². The molecule has 0 aliphatic rings. The van der Waals surface area contributed by atoms with E-state index in [9.17, 15) is 5.11 Å². The van der Waals surface area contributed by atoms with Crippen molar-refractivity contribution < 1.29 is 17.5 Å². The Labute approximate surface area is 114 Å². The van der Waals surface area contributed by atoms with Gasteiger partial charge in [-0.2, -0.15) is 0 Å². The number of benzene rings is 1. The molecule has 15 heavy (non-hydrogen) atoms. The van der Waals surface area contributed by atoms with E-state index in [1.807, 2.05) is 30.3 Å². The van der Waals surface area contributed by atoms with Gasteiger partial charge in [0.05, 0.1) is 0 Å². The molecule has 0 heterocycles. The fourth-order valence-corrected chi connectivity index (χ4v) is 1.32. The SMILES string of the molecule is C#CC(CCC[O-])c1ccccc1.[Cl-].[Mg+2]. The van der Waals surface area contributed by atoms with Gasteiger partial charge in [0, 0.05) is 5.92 Å². The molecule has 0 saturated carbocycles. The van der Waals surface area contributed by atoms with Crippen LogP contribution in [-0.4, -0.2) is 29.7 Å². The van der Waals surface area contributed by atoms with E-state index in [-0.39, 0.29) is 48.0 Å². The molecule has 1 aromatic carbocycles. The van der Waals surface area contributed by atoms with Crippen molar-refractivity contribution in [1.29, 1.82) is 0 Å². The number of rotatable bonds is 4. The van der Waals surface area contributed by atoms with Gasteiger partial charge < -0.3 is 17.5 Å². The summed E-state index contributed by atoms with van der Waals surface area (Å²) in [5.41, 5.74) is 1.14. The van der Waals surface area contributed by atoms with Gasteiger partial charge in [-0.15, -0.1) is 13.0 Å². The second kappa shape index (κ2) is 10.3. The normalized spacial score (nSPS) is 10.4. The Kier molecular flexibility index (Phi) is 11.8. The van der Waals surface area contributed by atoms with Gasteiger partial charge in [-0.25, -0.2) is 0 Å². The van der Waals surface area contributed by atoms with Crippen LogP contribution in [0.5, 0.6) is 0 Å². The summed E-state index contributed by atoms with van der Waals surface area (Å²) in [7, 11) is 0. The number of terminal acetylenes is 1. The van der Waals surface area contributed by atoms with Gasteiger partial charge in [-0.1, -0.05) is 42.7 Å². The standard InChI is InChI=1S/C12H13O.ClH.Mg/c1-2-11(9-6-10-13)12-7-4-3-5-8-12;;/h1,3-5,7-8,11H,6,9-10H2;1H;/q-1;;+2/p-1. The summed E-state index contributed by atoms with van der Waals surface area (Å²) in [5, 5.41) is 10.3. The third-order valence-corrected chi connectivity index (χ3v) is 2.04. The molecular weight excluding hydrogens is 220 g/mol. The Morgan fingerprint density at radius 3 is 2.33 bits per heavy atom. The van der Waals surface area contributed by atoms with Gasteiger partial charge >= 0.3 is 23.1 Å². The van der Waals surface area contributed by atoms with Crippen LogP contribution < -0.4 is 17.5 Å². The molecule has 0 N–H and O–H groups in total. The molecule has 0 fully saturated rings. The second-order valence-corrected chi connectivity index (χ2v) is 2.98. The minimum absolute atomic E-state index is 0. The molecule has 1 aromatic rings. The van der Waals surface area contributed by atoms with Gasteiger partial charge in [-0.05, 0) is 12.0 Å². The molecule has 0 spiro atoms. The van der Waals surface area contributed by atoms with Crippen LogP contribution >= 0.6 is 0 Å². The molecule has 1 unspecified atom stereocenters. The summed E-state index contributed by atoms with van der Waals surface area (Å²) in [6, 6.07) is 9.92. The maximum atomic E-state index is 10.3. The zero-order valence-corrected chi connectivity index (χ0v) is 10.8. The van der Waals surface area contributed by atoms with E-state index in [1.54, 1.807) is 0 Å². The van der Waals surface area contributed by atoms with Crippen LogP contribution in [0.2, 0.25) is 0 Å². The first-order valence-electron chi connectivity index (χ1n) is 4.47. The smallest absolute Gasteiger partial charge is 1.00 e. The zero-order valence-electron chi connectivity index (χ0n) is 8.66. The summed E-state index contributed by atoms with van der Waals surface area (Å²) in [4.78, 5) is 0. The molecule has 0 aliphatic carbocycles. The molecule has 0 amide bonds. The maximum Gasteiger partial charge on any atom is 2.00 e. The summed E-state index contributed by atoms with van der Waals surface area (Å²) >= 11 is 0. The quantitative estimate of drug-likeness (QED) is 0.443. The first kappa shape index (κ1) is 17.2. The first-order chi connectivity index (χ1) is 6.38. The summed E-state index contributed by atoms with van der Waals surface area (Å²) in [6.45, 7) is -0.0367. The van der Waals surface area contributed by atoms with Gasteiger partial charge in [0.1, 0.15) is 0 Å². The molecule has 0 saturated heterocycles. The molecule has 3 heteroatoms. The summed E-state index contributed by atoms with van der Waals surface area (Å²) in [5.74, 6) is 2.82. The molecule has 0 radical (unpaired) electrons. The van der Waals surface area contributed by atoms with Crippen LogP contribution in [0.25, 0.3) is 0 Å². The van der Waals surface area contributed by atoms with Gasteiger partial charge in [0.15, 0.2) is 0 Å². The fraction of sp³-hybridized carbons (Fsp3) is 0.333. The van der Waals surface area contributed by atoms with Gasteiger partial charge in [0.25, 0.3) is 0 Å². The number of hydrogen-bond donors (Lipinski definition) is 0. The second-order valence-electron chi connectivity index (χ2n) is 2.98. The molecule has 0 aromatic heterocycles. The van der Waals surface area contributed by atoms with Gasteiger partial charge in [-0.3, -0.25) is 0 Å². The fourth-order valence-electron chi connectivity index (χ4n) is 1.32. The molecule has 0 aliphatic heterocycles. The molecular formula is C12H13ClMgO. The molecule has 1 rings (SSSR count). The van der Waals surface area contributed by atoms with E-state index in [1.165, 1.54) is 0 Å². The van der Waals surface area contributed by atoms with E-state index in [0.717, 1.165) is 12.0 Å². The third kappa shape index (κ3) is 6.06. The van der Waals surface area contributed by atoms with Crippen molar-refractivity contribution in [1.82, 2.24) is 0 Å². The summed E-state index contributed by atoms with van der Waals surface area (Å²) < 4.78 is 0. The van der Waals surface area contributed by atoms with Crippen molar-refractivity contribution in [3.05, 3.63) is 35.9 Å². The van der Waals surface area contributed by atoms with Crippen molar-refractivity contribution >= 4 is 23.1 Å². The zero-order chi connectivity index (χ0) is 9.52. The van der Waals surface area contributed by atoms with E-state index in [4.69, 9.17) is 6.42 Å². The Hall–Kier alpha value is -0.204. The Balaban J connectivity index is 0. The number of halogens is 1. The van der Waals surface area contributed by atoms with Crippen molar-refractivity contribution in [3.8, 4) is 12.3 Å². The van der Waals surface area contributed by atoms with Crippen molar-refractivity contribution in [2.45, 2.75) is 18.8 Å². The van der Waals surface area contributed by atoms with Crippen LogP contribution in [0.15, 0.2) is 30.3 Å². The first-order valence-corrected chi connectivity index (χ1v) is 4.47. The average molecular weight is 233 g/mol. The Morgan fingerprint density at radius 1 is 1.27 bits per heavy atom. The summed E-state index contributed by atoms with van der Waals surface area (Å²) in [6.07, 6.45) is 6.85.